The molecule has 2 N–H and O–H groups in total. The van der Waals surface area contributed by atoms with Gasteiger partial charge in [-0.3, -0.25) is 4.79 Å². The van der Waals surface area contributed by atoms with Crippen molar-refractivity contribution in [3.8, 4) is 0 Å². The van der Waals surface area contributed by atoms with Gasteiger partial charge in [0.15, 0.2) is 0 Å². The van der Waals surface area contributed by atoms with E-state index < -0.39 is 5.60 Å². The summed E-state index contributed by atoms with van der Waals surface area (Å²) in [4.78, 5) is 14.0. The third kappa shape index (κ3) is 4.05. The van der Waals surface area contributed by atoms with E-state index >= 15 is 0 Å². The van der Waals surface area contributed by atoms with Gasteiger partial charge < -0.3 is 10.4 Å². The molecule has 1 heterocycles. The molecule has 106 valence electrons. The normalized spacial score (nSPS) is 18.8. The number of hydrogen-bond acceptors (Lipinski definition) is 3. The number of aryl methyl sites for hydroxylation is 1. The number of carbonyl (C=O) groups is 1. The summed E-state index contributed by atoms with van der Waals surface area (Å²) in [6.45, 7) is 2.47. The van der Waals surface area contributed by atoms with E-state index in [-0.39, 0.29) is 5.91 Å². The Kier molecular flexibility index (Phi) is 4.99. The van der Waals surface area contributed by atoms with Gasteiger partial charge in [0.25, 0.3) is 5.91 Å². The molecule has 0 aliphatic heterocycles. The van der Waals surface area contributed by atoms with Gasteiger partial charge in [-0.1, -0.05) is 32.6 Å². The second-order valence-corrected chi connectivity index (χ2v) is 6.61. The maximum absolute atomic E-state index is 12.0. The van der Waals surface area contributed by atoms with E-state index in [2.05, 4.69) is 12.2 Å². The molecule has 3 nitrogen and oxygen atoms in total. The van der Waals surface area contributed by atoms with Gasteiger partial charge in [-0.25, -0.2) is 0 Å². The predicted octanol–water partition coefficient (Wildman–Crippen LogP) is 3.13. The lowest BCUT2D eigenvalue weighted by atomic mass is 9.94. The average Bonchev–Trinajstić information content (AvgIpc) is 2.79. The van der Waals surface area contributed by atoms with Gasteiger partial charge >= 0.3 is 0 Å². The van der Waals surface area contributed by atoms with Crippen molar-refractivity contribution in [2.24, 2.45) is 0 Å². The van der Waals surface area contributed by atoms with Crippen LogP contribution in [0.15, 0.2) is 12.1 Å². The van der Waals surface area contributed by atoms with Gasteiger partial charge in [-0.05, 0) is 31.4 Å². The molecule has 0 aromatic carbocycles. The smallest absolute Gasteiger partial charge is 0.261 e. The Labute approximate surface area is 119 Å². The van der Waals surface area contributed by atoms with Crippen molar-refractivity contribution in [1.29, 1.82) is 0 Å². The minimum atomic E-state index is -0.697. The number of rotatable bonds is 4. The summed E-state index contributed by atoms with van der Waals surface area (Å²) in [5.41, 5.74) is -0.697. The van der Waals surface area contributed by atoms with Crippen LogP contribution >= 0.6 is 11.3 Å². The van der Waals surface area contributed by atoms with Crippen molar-refractivity contribution >= 4 is 17.2 Å². The lowest BCUT2D eigenvalue weighted by molar-refractivity contribution is 0.0247. The first-order valence-corrected chi connectivity index (χ1v) is 8.04. The first-order chi connectivity index (χ1) is 9.13. The zero-order valence-corrected chi connectivity index (χ0v) is 12.4. The molecule has 0 radical (unpaired) electrons. The van der Waals surface area contributed by atoms with Crippen LogP contribution in [0.5, 0.6) is 0 Å². The summed E-state index contributed by atoms with van der Waals surface area (Å²) in [6.07, 6.45) is 7.08. The summed E-state index contributed by atoms with van der Waals surface area (Å²) >= 11 is 1.54. The monoisotopic (exact) mass is 281 g/mol. The van der Waals surface area contributed by atoms with E-state index in [1.54, 1.807) is 0 Å². The highest BCUT2D eigenvalue weighted by molar-refractivity contribution is 7.14. The lowest BCUT2D eigenvalue weighted by Crippen LogP contribution is -2.42. The van der Waals surface area contributed by atoms with Gasteiger partial charge in [-0.2, -0.15) is 0 Å². The SMILES string of the molecule is CCc1ccc(C(=O)NCC2(O)CCCCCC2)s1. The van der Waals surface area contributed by atoms with Crippen molar-refractivity contribution in [3.63, 3.8) is 0 Å². The highest BCUT2D eigenvalue weighted by Crippen LogP contribution is 2.26. The van der Waals surface area contributed by atoms with Crippen molar-refractivity contribution in [2.75, 3.05) is 6.54 Å². The average molecular weight is 281 g/mol. The first-order valence-electron chi connectivity index (χ1n) is 7.22. The van der Waals surface area contributed by atoms with Gasteiger partial charge in [0.05, 0.1) is 10.5 Å². The molecule has 0 atom stereocenters. The van der Waals surface area contributed by atoms with Crippen molar-refractivity contribution < 1.29 is 9.90 Å². The van der Waals surface area contributed by atoms with Crippen LogP contribution in [-0.2, 0) is 6.42 Å². The predicted molar refractivity (Wildman–Crippen MR) is 78.7 cm³/mol. The number of nitrogens with one attached hydrogen (secondary N) is 1. The van der Waals surface area contributed by atoms with Gasteiger partial charge in [0.1, 0.15) is 0 Å². The largest absolute Gasteiger partial charge is 0.388 e. The highest BCUT2D eigenvalue weighted by atomic mass is 32.1. The zero-order valence-electron chi connectivity index (χ0n) is 11.6. The number of carbonyl (C=O) groups excluding carboxylic acids is 1. The lowest BCUT2D eigenvalue weighted by Gasteiger charge is -2.26. The maximum atomic E-state index is 12.0. The zero-order chi connectivity index (χ0) is 13.7. The molecule has 0 unspecified atom stereocenters. The van der Waals surface area contributed by atoms with Gasteiger partial charge in [0.2, 0.25) is 0 Å². The Hall–Kier alpha value is -0.870. The molecule has 0 spiro atoms. The van der Waals surface area contributed by atoms with Crippen LogP contribution in [0.3, 0.4) is 0 Å². The third-order valence-electron chi connectivity index (χ3n) is 3.85. The third-order valence-corrected chi connectivity index (χ3v) is 5.07. The number of aliphatic hydroxyl groups is 1. The standard InChI is InChI=1S/C15H23NO2S/c1-2-12-7-8-13(19-12)14(17)16-11-15(18)9-5-3-4-6-10-15/h7-8,18H,2-6,9-11H2,1H3,(H,16,17). The summed E-state index contributed by atoms with van der Waals surface area (Å²) in [7, 11) is 0. The Morgan fingerprint density at radius 2 is 2.00 bits per heavy atom. The Morgan fingerprint density at radius 3 is 2.58 bits per heavy atom. The maximum Gasteiger partial charge on any atom is 0.261 e. The van der Waals surface area contributed by atoms with E-state index in [4.69, 9.17) is 0 Å². The molecule has 1 aromatic rings. The van der Waals surface area contributed by atoms with Crippen LogP contribution in [-0.4, -0.2) is 23.2 Å². The molecule has 1 fully saturated rings. The van der Waals surface area contributed by atoms with Crippen LogP contribution in [0, 0.1) is 0 Å². The number of hydrogen-bond donors (Lipinski definition) is 2. The molecule has 1 aliphatic rings. The number of thiophene rings is 1. The van der Waals surface area contributed by atoms with Crippen LogP contribution in [0.1, 0.15) is 60.0 Å². The van der Waals surface area contributed by atoms with Crippen molar-refractivity contribution in [1.82, 2.24) is 5.32 Å². The molecule has 1 aliphatic carbocycles. The Balaban J connectivity index is 1.88. The molecule has 19 heavy (non-hydrogen) atoms. The van der Waals surface area contributed by atoms with E-state index in [0.29, 0.717) is 6.54 Å². The summed E-state index contributed by atoms with van der Waals surface area (Å²) in [5.74, 6) is -0.0534. The topological polar surface area (TPSA) is 49.3 Å². The summed E-state index contributed by atoms with van der Waals surface area (Å²) in [5, 5.41) is 13.4. The van der Waals surface area contributed by atoms with Crippen LogP contribution < -0.4 is 5.32 Å². The quantitative estimate of drug-likeness (QED) is 0.833. The molecule has 0 bridgehead atoms. The fourth-order valence-corrected chi connectivity index (χ4v) is 3.45. The molecular weight excluding hydrogens is 258 g/mol. The minimum absolute atomic E-state index is 0.0534. The Morgan fingerprint density at radius 1 is 1.32 bits per heavy atom. The fraction of sp³-hybridized carbons (Fsp3) is 0.667. The fourth-order valence-electron chi connectivity index (χ4n) is 2.59. The summed E-state index contributed by atoms with van der Waals surface area (Å²) in [6, 6.07) is 3.87. The molecule has 4 heteroatoms. The highest BCUT2D eigenvalue weighted by Gasteiger charge is 2.28. The van der Waals surface area contributed by atoms with Crippen molar-refractivity contribution in [2.45, 2.75) is 57.5 Å². The molecule has 1 saturated carbocycles. The summed E-state index contributed by atoms with van der Waals surface area (Å²) < 4.78 is 0. The molecule has 1 aromatic heterocycles. The molecule has 0 saturated heterocycles. The molecule has 1 amide bonds. The van der Waals surface area contributed by atoms with E-state index in [0.717, 1.165) is 37.0 Å². The van der Waals surface area contributed by atoms with Crippen LogP contribution in [0.2, 0.25) is 0 Å². The molecule has 2 rings (SSSR count). The van der Waals surface area contributed by atoms with Gasteiger partial charge in [-0.15, -0.1) is 11.3 Å². The number of amides is 1. The second kappa shape index (κ2) is 6.53. The second-order valence-electron chi connectivity index (χ2n) is 5.44. The van der Waals surface area contributed by atoms with Crippen LogP contribution in [0.25, 0.3) is 0 Å². The van der Waals surface area contributed by atoms with Gasteiger partial charge in [0, 0.05) is 11.4 Å². The molecular formula is C15H23NO2S. The Bertz CT molecular complexity index is 420. The van der Waals surface area contributed by atoms with Crippen molar-refractivity contribution in [3.05, 3.63) is 21.9 Å². The minimum Gasteiger partial charge on any atom is -0.388 e. The van der Waals surface area contributed by atoms with E-state index in [1.807, 2.05) is 12.1 Å². The first kappa shape index (κ1) is 14.5. The van der Waals surface area contributed by atoms with Crippen LogP contribution in [0.4, 0.5) is 0 Å². The van der Waals surface area contributed by atoms with E-state index in [9.17, 15) is 9.90 Å². The van der Waals surface area contributed by atoms with E-state index in [1.165, 1.54) is 29.1 Å².